The van der Waals surface area contributed by atoms with Gasteiger partial charge in [-0.05, 0) is 63.1 Å². The van der Waals surface area contributed by atoms with Gasteiger partial charge in [0, 0.05) is 53.9 Å². The molecule has 15 heteroatoms. The highest BCUT2D eigenvalue weighted by atomic mass is 32.1. The number of benzene rings is 1. The third-order valence-electron chi connectivity index (χ3n) is 10.4. The lowest BCUT2D eigenvalue weighted by Gasteiger charge is -2.35. The Balaban J connectivity index is 1.41. The van der Waals surface area contributed by atoms with Gasteiger partial charge in [-0.1, -0.05) is 71.0 Å². The van der Waals surface area contributed by atoms with Crippen LogP contribution in [0.5, 0.6) is 0 Å². The summed E-state index contributed by atoms with van der Waals surface area (Å²) in [6.07, 6.45) is 5.48. The van der Waals surface area contributed by atoms with Gasteiger partial charge in [-0.2, -0.15) is 0 Å². The maximum atomic E-state index is 14.7. The van der Waals surface area contributed by atoms with Gasteiger partial charge in [-0.15, -0.1) is 11.3 Å². The van der Waals surface area contributed by atoms with Crippen molar-refractivity contribution in [2.45, 2.75) is 104 Å². The molecule has 306 valence electrons. The molecule has 1 aromatic carbocycles. The predicted octanol–water partition coefficient (Wildman–Crippen LogP) is 4.79. The normalized spacial score (nSPS) is 19.4. The molecule has 2 saturated heterocycles. The van der Waals surface area contributed by atoms with Crippen LogP contribution in [0.1, 0.15) is 88.5 Å². The Morgan fingerprint density at radius 3 is 2.42 bits per heavy atom. The first kappa shape index (κ1) is 43.1. The summed E-state index contributed by atoms with van der Waals surface area (Å²) in [5.74, 6) is -3.69. The van der Waals surface area contributed by atoms with Gasteiger partial charge in [0.2, 0.25) is 23.5 Å². The number of pyridine rings is 1. The van der Waals surface area contributed by atoms with Crippen LogP contribution in [0.3, 0.4) is 0 Å². The van der Waals surface area contributed by atoms with Crippen LogP contribution >= 0.6 is 11.3 Å². The number of ether oxygens (including phenoxy) is 1. The molecule has 3 aromatic rings. The fourth-order valence-corrected chi connectivity index (χ4v) is 8.23. The van der Waals surface area contributed by atoms with E-state index in [-0.39, 0.29) is 42.9 Å². The van der Waals surface area contributed by atoms with Crippen LogP contribution in [0.4, 0.5) is 4.79 Å². The number of carbonyl (C=O) groups excluding carboxylic acids is 6. The van der Waals surface area contributed by atoms with Crippen LogP contribution < -0.4 is 16.0 Å². The fraction of sp³-hybridized carbons (Fsp3) is 0.524. The Labute approximate surface area is 338 Å². The molecule has 5 rings (SSSR count). The van der Waals surface area contributed by atoms with E-state index in [9.17, 15) is 28.8 Å². The lowest BCUT2D eigenvalue weighted by molar-refractivity contribution is -0.142. The fourth-order valence-electron chi connectivity index (χ4n) is 7.46. The molecule has 2 aromatic heterocycles. The molecular weight excluding hydrogens is 747 g/mol. The zero-order valence-corrected chi connectivity index (χ0v) is 34.3. The summed E-state index contributed by atoms with van der Waals surface area (Å²) < 4.78 is 5.45. The summed E-state index contributed by atoms with van der Waals surface area (Å²) in [7, 11) is 0. The van der Waals surface area contributed by atoms with Gasteiger partial charge < -0.3 is 25.6 Å². The zero-order valence-electron chi connectivity index (χ0n) is 33.5. The number of amides is 4. The summed E-state index contributed by atoms with van der Waals surface area (Å²) >= 11 is 1.04. The van der Waals surface area contributed by atoms with E-state index in [4.69, 9.17) is 4.74 Å². The number of aromatic nitrogens is 2. The van der Waals surface area contributed by atoms with Crippen molar-refractivity contribution in [1.29, 1.82) is 0 Å². The molecule has 2 unspecified atom stereocenters. The quantitative estimate of drug-likeness (QED) is 0.127. The van der Waals surface area contributed by atoms with Crippen LogP contribution in [0, 0.1) is 11.3 Å². The molecule has 0 aliphatic carbocycles. The number of hydrogen-bond acceptors (Lipinski definition) is 11. The van der Waals surface area contributed by atoms with Crippen LogP contribution in [0.2, 0.25) is 0 Å². The number of Topliss-reactive ketones (excluding diaryl/α,β-unsaturated/α-hetero) is 2. The van der Waals surface area contributed by atoms with Gasteiger partial charge in [-0.25, -0.2) is 9.78 Å². The van der Waals surface area contributed by atoms with Crippen molar-refractivity contribution < 1.29 is 33.5 Å². The van der Waals surface area contributed by atoms with Gasteiger partial charge in [0.25, 0.3) is 5.78 Å². The van der Waals surface area contributed by atoms with E-state index in [0.717, 1.165) is 42.8 Å². The summed E-state index contributed by atoms with van der Waals surface area (Å²) in [6, 6.07) is 9.12. The lowest BCUT2D eigenvalue weighted by Crippen LogP contribution is -2.59. The average Bonchev–Trinajstić information content (AvgIpc) is 3.88. The molecule has 4 heterocycles. The molecule has 2 fully saturated rings. The minimum absolute atomic E-state index is 0.0202. The van der Waals surface area contributed by atoms with Crippen molar-refractivity contribution >= 4 is 46.7 Å². The highest BCUT2D eigenvalue weighted by Gasteiger charge is 2.47. The van der Waals surface area contributed by atoms with Gasteiger partial charge in [-0.3, -0.25) is 33.9 Å². The van der Waals surface area contributed by atoms with Crippen molar-refractivity contribution in [3.05, 3.63) is 70.8 Å². The number of rotatable bonds is 17. The van der Waals surface area contributed by atoms with Crippen molar-refractivity contribution in [1.82, 2.24) is 35.7 Å². The molecule has 4 amide bonds. The van der Waals surface area contributed by atoms with Crippen LogP contribution in [0.15, 0.2) is 60.2 Å². The molecule has 2 aliphatic heterocycles. The molecule has 0 bridgehead atoms. The predicted molar refractivity (Wildman–Crippen MR) is 216 cm³/mol. The number of thiazole rings is 1. The summed E-state index contributed by atoms with van der Waals surface area (Å²) in [5.41, 5.74) is 1.22. The number of hydrogen-bond donors (Lipinski definition) is 3. The number of nitrogens with one attached hydrogen (secondary N) is 3. The lowest BCUT2D eigenvalue weighted by atomic mass is 9.85. The Morgan fingerprint density at radius 1 is 1.04 bits per heavy atom. The highest BCUT2D eigenvalue weighted by Crippen LogP contribution is 2.30. The van der Waals surface area contributed by atoms with E-state index in [0.29, 0.717) is 30.6 Å². The standard InChI is InChI=1S/C42H55N7O7S/c1-6-19-48(20-7-2)30-22-33(49(24-30)40(54)36(42(3,4)5)47-41(55)56-25-27-13-11-17-43-23-27)38(53)45-31(21-29-16-12-18-44-37(29)52)34(50)35(51)39-46-32(26-57-39)28-14-9-8-10-15-28/h8-11,13-15,17,23,26,29-31,33,36H,6-7,12,16,18-22,24-25H2,1-5H3,(H,44,52)(H,45,53)(H,47,55)/t29?,30-,31?,33+,36-/m1/s1. The number of carbonyl (C=O) groups is 6. The van der Waals surface area contributed by atoms with Crippen molar-refractivity contribution in [3.8, 4) is 11.3 Å². The summed E-state index contributed by atoms with van der Waals surface area (Å²) in [6.45, 7) is 11.8. The third kappa shape index (κ3) is 11.3. The maximum absolute atomic E-state index is 14.7. The first-order valence-electron chi connectivity index (χ1n) is 19.8. The Kier molecular flexibility index (Phi) is 15.1. The van der Waals surface area contributed by atoms with E-state index in [1.165, 1.54) is 4.90 Å². The second-order valence-electron chi connectivity index (χ2n) is 15.8. The number of nitrogens with zero attached hydrogens (tertiary/aromatic N) is 4. The van der Waals surface area contributed by atoms with Crippen LogP contribution in [-0.2, 0) is 30.5 Å². The van der Waals surface area contributed by atoms with Crippen LogP contribution in [0.25, 0.3) is 11.3 Å². The van der Waals surface area contributed by atoms with E-state index in [1.807, 2.05) is 51.1 Å². The van der Waals surface area contributed by atoms with Crippen molar-refractivity contribution in [3.63, 3.8) is 0 Å². The van der Waals surface area contributed by atoms with Gasteiger partial charge in [0.05, 0.1) is 11.7 Å². The van der Waals surface area contributed by atoms with Crippen LogP contribution in [-0.4, -0.2) is 105 Å². The van der Waals surface area contributed by atoms with Gasteiger partial charge in [0.1, 0.15) is 18.7 Å². The number of ketones is 2. The Bertz CT molecular complexity index is 1860. The highest BCUT2D eigenvalue weighted by molar-refractivity contribution is 7.13. The van der Waals surface area contributed by atoms with E-state index in [2.05, 4.69) is 44.7 Å². The number of alkyl carbamates (subject to hydrolysis) is 1. The largest absolute Gasteiger partial charge is 0.445 e. The molecule has 5 atom stereocenters. The second kappa shape index (κ2) is 19.9. The molecular formula is C42H55N7O7S. The molecule has 57 heavy (non-hydrogen) atoms. The van der Waals surface area contributed by atoms with Crippen molar-refractivity contribution in [2.75, 3.05) is 26.2 Å². The number of likely N-dealkylation sites (tertiary alicyclic amines) is 1. The summed E-state index contributed by atoms with van der Waals surface area (Å²) in [4.78, 5) is 95.4. The second-order valence-corrected chi connectivity index (χ2v) is 16.7. The average molecular weight is 802 g/mol. The third-order valence-corrected chi connectivity index (χ3v) is 11.3. The molecule has 3 N–H and O–H groups in total. The maximum Gasteiger partial charge on any atom is 0.408 e. The first-order chi connectivity index (χ1) is 27.3. The van der Waals surface area contributed by atoms with E-state index in [1.54, 1.807) is 29.9 Å². The monoisotopic (exact) mass is 801 g/mol. The Morgan fingerprint density at radius 2 is 1.77 bits per heavy atom. The smallest absolute Gasteiger partial charge is 0.408 e. The number of piperidine rings is 1. The molecule has 0 spiro atoms. The Hall–Kier alpha value is -5.02. The zero-order chi connectivity index (χ0) is 41.1. The summed E-state index contributed by atoms with van der Waals surface area (Å²) in [5, 5.41) is 10.1. The molecule has 2 aliphatic rings. The topological polar surface area (TPSA) is 180 Å². The SMILES string of the molecule is CCCN(CCC)[C@@H]1C[C@@H](C(=O)NC(CC2CCCNC2=O)C(=O)C(=O)c2nc(-c3ccccc3)cs2)N(C(=O)[C@@H](NC(=O)OCc2cccnc2)C(C)(C)C)C1. The molecule has 0 saturated carbocycles. The molecule has 0 radical (unpaired) electrons. The first-order valence-corrected chi connectivity index (χ1v) is 20.7. The van der Waals surface area contributed by atoms with E-state index >= 15 is 0 Å². The minimum atomic E-state index is -1.35. The van der Waals surface area contributed by atoms with Crippen molar-refractivity contribution in [2.24, 2.45) is 11.3 Å². The minimum Gasteiger partial charge on any atom is -0.445 e. The van der Waals surface area contributed by atoms with E-state index < -0.39 is 58.9 Å². The molecule has 14 nitrogen and oxygen atoms in total. The van der Waals surface area contributed by atoms with Gasteiger partial charge in [0.15, 0.2) is 5.01 Å². The van der Waals surface area contributed by atoms with Gasteiger partial charge >= 0.3 is 6.09 Å².